The van der Waals surface area contributed by atoms with Crippen molar-refractivity contribution in [1.29, 1.82) is 0 Å². The van der Waals surface area contributed by atoms with Crippen LogP contribution in [-0.4, -0.2) is 12.5 Å². The third-order valence-corrected chi connectivity index (χ3v) is 3.03. The van der Waals surface area contributed by atoms with Crippen LogP contribution in [0.1, 0.15) is 15.9 Å². The fourth-order valence-electron chi connectivity index (χ4n) is 2.10. The van der Waals surface area contributed by atoms with Crippen molar-refractivity contribution in [2.24, 2.45) is 0 Å². The largest absolute Gasteiger partial charge is 0.493 e. The Balaban J connectivity index is 1.80. The van der Waals surface area contributed by atoms with E-state index in [0.717, 1.165) is 17.7 Å². The van der Waals surface area contributed by atoms with E-state index in [9.17, 15) is 9.18 Å². The lowest BCUT2D eigenvalue weighted by Crippen LogP contribution is -2.12. The molecule has 0 atom stereocenters. The Hall–Kier alpha value is -2.36. The van der Waals surface area contributed by atoms with Gasteiger partial charge in [0.05, 0.1) is 6.61 Å². The number of ether oxygens (including phenoxy) is 1. The molecule has 2 aromatic carbocycles. The molecule has 1 aliphatic rings. The van der Waals surface area contributed by atoms with Gasteiger partial charge in [-0.1, -0.05) is 6.07 Å². The molecule has 0 aromatic heterocycles. The number of fused-ring (bicyclic) bond motifs is 1. The molecule has 1 aliphatic heterocycles. The van der Waals surface area contributed by atoms with Gasteiger partial charge in [-0.15, -0.1) is 0 Å². The Morgan fingerprint density at radius 2 is 2.11 bits per heavy atom. The van der Waals surface area contributed by atoms with Gasteiger partial charge in [-0.25, -0.2) is 4.39 Å². The zero-order valence-corrected chi connectivity index (χ0v) is 10.2. The number of nitrogens with one attached hydrogen (secondary N) is 1. The molecular weight excluding hydrogens is 245 g/mol. The summed E-state index contributed by atoms with van der Waals surface area (Å²) in [6.45, 7) is 0.677. The van der Waals surface area contributed by atoms with Crippen molar-refractivity contribution in [1.82, 2.24) is 0 Å². The van der Waals surface area contributed by atoms with Crippen molar-refractivity contribution in [3.63, 3.8) is 0 Å². The van der Waals surface area contributed by atoms with Gasteiger partial charge in [0.25, 0.3) is 5.91 Å². The molecule has 3 nitrogen and oxygen atoms in total. The van der Waals surface area contributed by atoms with Gasteiger partial charge in [0.2, 0.25) is 0 Å². The molecule has 0 unspecified atom stereocenters. The smallest absolute Gasteiger partial charge is 0.255 e. The monoisotopic (exact) mass is 257 g/mol. The minimum absolute atomic E-state index is 0.303. The molecule has 0 aliphatic carbocycles. The molecule has 0 saturated carbocycles. The summed E-state index contributed by atoms with van der Waals surface area (Å²) >= 11 is 0. The number of hydrogen-bond acceptors (Lipinski definition) is 2. The summed E-state index contributed by atoms with van der Waals surface area (Å²) in [6, 6.07) is 11.1. The van der Waals surface area contributed by atoms with E-state index in [0.29, 0.717) is 17.9 Å². The highest BCUT2D eigenvalue weighted by atomic mass is 19.1. The summed E-state index contributed by atoms with van der Waals surface area (Å²) in [5.41, 5.74) is 2.08. The number of benzene rings is 2. The third-order valence-electron chi connectivity index (χ3n) is 3.03. The average Bonchev–Trinajstić information content (AvgIpc) is 2.86. The Morgan fingerprint density at radius 3 is 2.95 bits per heavy atom. The topological polar surface area (TPSA) is 38.3 Å². The van der Waals surface area contributed by atoms with Crippen LogP contribution in [0.5, 0.6) is 5.75 Å². The first-order chi connectivity index (χ1) is 9.22. The Labute approximate surface area is 110 Å². The number of hydrogen-bond donors (Lipinski definition) is 1. The normalized spacial score (nSPS) is 12.7. The molecule has 0 bridgehead atoms. The molecule has 1 N–H and O–H groups in total. The Bertz CT molecular complexity index is 640. The molecule has 19 heavy (non-hydrogen) atoms. The second kappa shape index (κ2) is 4.72. The highest BCUT2D eigenvalue weighted by Crippen LogP contribution is 2.28. The van der Waals surface area contributed by atoms with E-state index in [4.69, 9.17) is 4.74 Å². The molecule has 0 fully saturated rings. The molecule has 1 heterocycles. The molecular formula is C15H12FNO2. The summed E-state index contributed by atoms with van der Waals surface area (Å²) < 4.78 is 18.4. The second-order valence-electron chi connectivity index (χ2n) is 4.39. The van der Waals surface area contributed by atoms with Crippen LogP contribution >= 0.6 is 0 Å². The first-order valence-corrected chi connectivity index (χ1v) is 6.05. The minimum atomic E-state index is -0.421. The van der Waals surface area contributed by atoms with Crippen molar-refractivity contribution in [2.75, 3.05) is 11.9 Å². The van der Waals surface area contributed by atoms with Gasteiger partial charge in [-0.05, 0) is 42.0 Å². The Kier molecular flexibility index (Phi) is 2.91. The summed E-state index contributed by atoms with van der Waals surface area (Å²) in [5.74, 6) is 0.122. The van der Waals surface area contributed by atoms with E-state index in [2.05, 4.69) is 5.32 Å². The van der Waals surface area contributed by atoms with E-state index >= 15 is 0 Å². The zero-order chi connectivity index (χ0) is 13.2. The lowest BCUT2D eigenvalue weighted by molar-refractivity contribution is 0.102. The predicted octanol–water partition coefficient (Wildman–Crippen LogP) is 3.01. The molecule has 4 heteroatoms. The van der Waals surface area contributed by atoms with Crippen molar-refractivity contribution in [3.05, 3.63) is 59.4 Å². The number of carbonyl (C=O) groups excluding carboxylic acids is 1. The van der Waals surface area contributed by atoms with E-state index < -0.39 is 5.82 Å². The maximum atomic E-state index is 13.0. The highest BCUT2D eigenvalue weighted by molar-refractivity contribution is 6.04. The predicted molar refractivity (Wildman–Crippen MR) is 70.0 cm³/mol. The van der Waals surface area contributed by atoms with Crippen LogP contribution in [0.3, 0.4) is 0 Å². The van der Waals surface area contributed by atoms with Crippen molar-refractivity contribution >= 4 is 11.6 Å². The number of halogens is 1. The summed E-state index contributed by atoms with van der Waals surface area (Å²) in [7, 11) is 0. The lowest BCUT2D eigenvalue weighted by Gasteiger charge is -2.07. The van der Waals surface area contributed by atoms with Gasteiger partial charge in [0.15, 0.2) is 0 Å². The fourth-order valence-corrected chi connectivity index (χ4v) is 2.10. The summed E-state index contributed by atoms with van der Waals surface area (Å²) in [4.78, 5) is 12.0. The first-order valence-electron chi connectivity index (χ1n) is 6.05. The van der Waals surface area contributed by atoms with Crippen LogP contribution in [0.15, 0.2) is 42.5 Å². The molecule has 3 rings (SSSR count). The fraction of sp³-hybridized carbons (Fsp3) is 0.133. The van der Waals surface area contributed by atoms with Crippen molar-refractivity contribution < 1.29 is 13.9 Å². The SMILES string of the molecule is O=C(Nc1ccc2c(c1)CCO2)c1cccc(F)c1. The maximum absolute atomic E-state index is 13.0. The average molecular weight is 257 g/mol. The lowest BCUT2D eigenvalue weighted by atomic mass is 10.1. The van der Waals surface area contributed by atoms with Gasteiger partial charge < -0.3 is 10.1 Å². The van der Waals surface area contributed by atoms with E-state index in [1.807, 2.05) is 12.1 Å². The minimum Gasteiger partial charge on any atom is -0.493 e. The van der Waals surface area contributed by atoms with Crippen LogP contribution in [-0.2, 0) is 6.42 Å². The van der Waals surface area contributed by atoms with Crippen LogP contribution in [0, 0.1) is 5.82 Å². The number of rotatable bonds is 2. The van der Waals surface area contributed by atoms with Crippen LogP contribution in [0.4, 0.5) is 10.1 Å². The van der Waals surface area contributed by atoms with Gasteiger partial charge in [-0.3, -0.25) is 4.79 Å². The van der Waals surface area contributed by atoms with Crippen LogP contribution < -0.4 is 10.1 Å². The van der Waals surface area contributed by atoms with Gasteiger partial charge in [0.1, 0.15) is 11.6 Å². The zero-order valence-electron chi connectivity index (χ0n) is 10.2. The van der Waals surface area contributed by atoms with E-state index in [1.54, 1.807) is 12.1 Å². The first kappa shape index (κ1) is 11.7. The number of carbonyl (C=O) groups is 1. The van der Waals surface area contributed by atoms with Gasteiger partial charge >= 0.3 is 0 Å². The van der Waals surface area contributed by atoms with Crippen LogP contribution in [0.25, 0.3) is 0 Å². The van der Waals surface area contributed by atoms with E-state index in [-0.39, 0.29) is 5.91 Å². The second-order valence-corrected chi connectivity index (χ2v) is 4.39. The molecule has 0 saturated heterocycles. The summed E-state index contributed by atoms with van der Waals surface area (Å²) in [6.07, 6.45) is 0.846. The van der Waals surface area contributed by atoms with Gasteiger partial charge in [0, 0.05) is 17.7 Å². The Morgan fingerprint density at radius 1 is 1.21 bits per heavy atom. The standard InChI is InChI=1S/C15H12FNO2/c16-12-3-1-2-11(8-12)15(18)17-13-4-5-14-10(9-13)6-7-19-14/h1-5,8-9H,6-7H2,(H,17,18). The van der Waals surface area contributed by atoms with Gasteiger partial charge in [-0.2, -0.15) is 0 Å². The molecule has 0 spiro atoms. The number of amides is 1. The maximum Gasteiger partial charge on any atom is 0.255 e. The van der Waals surface area contributed by atoms with Crippen LogP contribution in [0.2, 0.25) is 0 Å². The third kappa shape index (κ3) is 2.42. The number of anilines is 1. The van der Waals surface area contributed by atoms with Crippen molar-refractivity contribution in [2.45, 2.75) is 6.42 Å². The van der Waals surface area contributed by atoms with Crippen molar-refractivity contribution in [3.8, 4) is 5.75 Å². The molecule has 96 valence electrons. The summed E-state index contributed by atoms with van der Waals surface area (Å²) in [5, 5.41) is 2.75. The van der Waals surface area contributed by atoms with E-state index in [1.165, 1.54) is 18.2 Å². The molecule has 0 radical (unpaired) electrons. The molecule has 1 amide bonds. The quantitative estimate of drug-likeness (QED) is 0.898. The molecule has 2 aromatic rings. The highest BCUT2D eigenvalue weighted by Gasteiger charge is 2.13.